The van der Waals surface area contributed by atoms with E-state index in [-0.39, 0.29) is 5.92 Å². The Labute approximate surface area is 105 Å². The minimum absolute atomic E-state index is 0.189. The summed E-state index contributed by atoms with van der Waals surface area (Å²) in [5.74, 6) is 0.189. The molecule has 0 aliphatic heterocycles. The lowest BCUT2D eigenvalue weighted by atomic mass is 9.79. The molecule has 2 unspecified atom stereocenters. The molecule has 17 heavy (non-hydrogen) atoms. The minimum atomic E-state index is -2.31. The third-order valence-electron chi connectivity index (χ3n) is 3.50. The molecule has 3 nitrogen and oxygen atoms in total. The molecular weight excluding hydrogens is 235 g/mol. The van der Waals surface area contributed by atoms with Crippen molar-refractivity contribution in [3.05, 3.63) is 23.8 Å². The second kappa shape index (κ2) is 6.65. The van der Waals surface area contributed by atoms with Gasteiger partial charge in [-0.25, -0.2) is 0 Å². The summed E-state index contributed by atoms with van der Waals surface area (Å²) in [6.07, 6.45) is 10.7. The summed E-state index contributed by atoms with van der Waals surface area (Å²) in [6, 6.07) is 0. The van der Waals surface area contributed by atoms with E-state index in [1.165, 1.54) is 24.8 Å². The fourth-order valence-electron chi connectivity index (χ4n) is 2.18. The average molecular weight is 258 g/mol. The highest BCUT2D eigenvalue weighted by Crippen LogP contribution is 2.42. The van der Waals surface area contributed by atoms with Crippen LogP contribution in [0.4, 0.5) is 0 Å². The summed E-state index contributed by atoms with van der Waals surface area (Å²) < 4.78 is 5.28. The Bertz CT molecular complexity index is 299. The zero-order chi connectivity index (χ0) is 12.9. The summed E-state index contributed by atoms with van der Waals surface area (Å²) in [4.78, 5) is 18.1. The number of hydrogen-bond acceptors (Lipinski definition) is 3. The van der Waals surface area contributed by atoms with Crippen LogP contribution in [0.3, 0.4) is 0 Å². The van der Waals surface area contributed by atoms with Gasteiger partial charge in [-0.3, -0.25) is 0 Å². The number of allylic oxidation sites excluding steroid dienone is 2. The molecule has 2 N–H and O–H groups in total. The fraction of sp³-hybridized carbons (Fsp3) is 0.692. The van der Waals surface area contributed by atoms with Gasteiger partial charge in [0.1, 0.15) is 0 Å². The monoisotopic (exact) mass is 258 g/mol. The van der Waals surface area contributed by atoms with Crippen molar-refractivity contribution in [2.75, 3.05) is 0 Å². The van der Waals surface area contributed by atoms with Crippen LogP contribution in [0, 0.1) is 5.92 Å². The topological polar surface area (TPSA) is 49.7 Å². The standard InChI is InChI=1S/C13H23O3P/c1-4-5-6-8-12-9-7-10-13(3,11(12)2)16-17(14)15/h7,9-11,14-15H,4-6,8H2,1-3H3. The number of hydrogen-bond donors (Lipinski definition) is 2. The summed E-state index contributed by atoms with van der Waals surface area (Å²) in [6.45, 7) is 6.18. The van der Waals surface area contributed by atoms with Gasteiger partial charge in [0.2, 0.25) is 0 Å². The van der Waals surface area contributed by atoms with Gasteiger partial charge in [-0.15, -0.1) is 0 Å². The van der Waals surface area contributed by atoms with Gasteiger partial charge < -0.3 is 14.3 Å². The summed E-state index contributed by atoms with van der Waals surface area (Å²) in [5, 5.41) is 0. The van der Waals surface area contributed by atoms with Crippen LogP contribution in [-0.4, -0.2) is 15.4 Å². The molecule has 0 aromatic heterocycles. The van der Waals surface area contributed by atoms with Crippen LogP contribution in [0.2, 0.25) is 0 Å². The second-order valence-corrected chi connectivity index (χ2v) is 5.50. The van der Waals surface area contributed by atoms with Gasteiger partial charge in [0.05, 0.1) is 5.60 Å². The molecule has 0 spiro atoms. The second-order valence-electron chi connectivity index (χ2n) is 4.81. The molecule has 0 saturated heterocycles. The molecule has 1 aliphatic rings. The van der Waals surface area contributed by atoms with Crippen LogP contribution in [-0.2, 0) is 4.52 Å². The quantitative estimate of drug-likeness (QED) is 0.564. The van der Waals surface area contributed by atoms with E-state index in [1.54, 1.807) is 0 Å². The van der Waals surface area contributed by atoms with E-state index in [0.717, 1.165) is 6.42 Å². The Morgan fingerprint density at radius 1 is 1.41 bits per heavy atom. The third kappa shape index (κ3) is 4.18. The molecule has 0 aromatic rings. The van der Waals surface area contributed by atoms with Crippen LogP contribution >= 0.6 is 8.60 Å². The lowest BCUT2D eigenvalue weighted by Crippen LogP contribution is -2.35. The van der Waals surface area contributed by atoms with Crippen molar-refractivity contribution in [2.24, 2.45) is 5.92 Å². The van der Waals surface area contributed by atoms with E-state index < -0.39 is 14.2 Å². The molecule has 1 aliphatic carbocycles. The molecule has 98 valence electrons. The van der Waals surface area contributed by atoms with Crippen molar-refractivity contribution < 1.29 is 14.3 Å². The first-order chi connectivity index (χ1) is 7.99. The lowest BCUT2D eigenvalue weighted by molar-refractivity contribution is 0.0774. The van der Waals surface area contributed by atoms with Gasteiger partial charge in [0.15, 0.2) is 0 Å². The molecule has 4 heteroatoms. The van der Waals surface area contributed by atoms with E-state index >= 15 is 0 Å². The molecule has 1 rings (SSSR count). The Morgan fingerprint density at radius 3 is 2.71 bits per heavy atom. The average Bonchev–Trinajstić information content (AvgIpc) is 2.24. The van der Waals surface area contributed by atoms with Crippen molar-refractivity contribution in [3.8, 4) is 0 Å². The van der Waals surface area contributed by atoms with Crippen molar-refractivity contribution in [2.45, 2.75) is 52.1 Å². The molecule has 2 atom stereocenters. The van der Waals surface area contributed by atoms with E-state index in [1.807, 2.05) is 19.1 Å². The number of rotatable bonds is 6. The highest BCUT2D eigenvalue weighted by Gasteiger charge is 2.35. The Balaban J connectivity index is 2.63. The SMILES string of the molecule is CCCCCC1=CC=CC(C)(OP(O)O)C1C. The van der Waals surface area contributed by atoms with Crippen LogP contribution in [0.25, 0.3) is 0 Å². The smallest absolute Gasteiger partial charge is 0.327 e. The van der Waals surface area contributed by atoms with Crippen LogP contribution in [0.15, 0.2) is 23.8 Å². The van der Waals surface area contributed by atoms with Crippen LogP contribution in [0.5, 0.6) is 0 Å². The van der Waals surface area contributed by atoms with Gasteiger partial charge in [0.25, 0.3) is 0 Å². The lowest BCUT2D eigenvalue weighted by Gasteiger charge is -2.36. The molecule has 0 radical (unpaired) electrons. The Hall–Kier alpha value is -0.210. The van der Waals surface area contributed by atoms with Gasteiger partial charge in [-0.1, -0.05) is 50.5 Å². The Morgan fingerprint density at radius 2 is 2.12 bits per heavy atom. The summed E-state index contributed by atoms with van der Waals surface area (Å²) >= 11 is 0. The maximum atomic E-state index is 9.03. The van der Waals surface area contributed by atoms with Crippen LogP contribution < -0.4 is 0 Å². The molecule has 0 bridgehead atoms. The van der Waals surface area contributed by atoms with E-state index in [0.29, 0.717) is 0 Å². The highest BCUT2D eigenvalue weighted by atomic mass is 31.2. The van der Waals surface area contributed by atoms with Crippen molar-refractivity contribution in [3.63, 3.8) is 0 Å². The molecular formula is C13H23O3P. The van der Waals surface area contributed by atoms with E-state index in [9.17, 15) is 0 Å². The maximum absolute atomic E-state index is 9.03. The normalized spacial score (nSPS) is 28.6. The third-order valence-corrected chi connectivity index (χ3v) is 4.06. The zero-order valence-corrected chi connectivity index (χ0v) is 11.8. The van der Waals surface area contributed by atoms with E-state index in [2.05, 4.69) is 19.9 Å². The largest absolute Gasteiger partial charge is 0.328 e. The minimum Gasteiger partial charge on any atom is -0.328 e. The molecule has 0 fully saturated rings. The van der Waals surface area contributed by atoms with Crippen molar-refractivity contribution >= 4 is 8.60 Å². The predicted octanol–water partition coefficient (Wildman–Crippen LogP) is 3.69. The van der Waals surface area contributed by atoms with Gasteiger partial charge in [-0.05, 0) is 19.8 Å². The summed E-state index contributed by atoms with van der Waals surface area (Å²) in [7, 11) is -2.31. The first-order valence-corrected chi connectivity index (χ1v) is 7.41. The molecule has 0 aromatic carbocycles. The fourth-order valence-corrected chi connectivity index (χ4v) is 2.75. The maximum Gasteiger partial charge on any atom is 0.327 e. The molecule has 0 heterocycles. The van der Waals surface area contributed by atoms with Gasteiger partial charge in [0, 0.05) is 5.92 Å². The zero-order valence-electron chi connectivity index (χ0n) is 10.9. The highest BCUT2D eigenvalue weighted by molar-refractivity contribution is 7.39. The van der Waals surface area contributed by atoms with Crippen molar-refractivity contribution in [1.82, 2.24) is 0 Å². The Kier molecular flexibility index (Phi) is 5.81. The van der Waals surface area contributed by atoms with Gasteiger partial charge in [-0.2, -0.15) is 0 Å². The van der Waals surface area contributed by atoms with Gasteiger partial charge >= 0.3 is 8.60 Å². The number of unbranched alkanes of at least 4 members (excludes halogenated alkanes) is 2. The first kappa shape index (κ1) is 14.8. The predicted molar refractivity (Wildman–Crippen MR) is 71.4 cm³/mol. The summed E-state index contributed by atoms with van der Waals surface area (Å²) in [5.41, 5.74) is 0.742. The van der Waals surface area contributed by atoms with Crippen molar-refractivity contribution in [1.29, 1.82) is 0 Å². The first-order valence-electron chi connectivity index (χ1n) is 6.25. The molecule has 0 amide bonds. The van der Waals surface area contributed by atoms with E-state index in [4.69, 9.17) is 14.3 Å². The molecule has 0 saturated carbocycles. The van der Waals surface area contributed by atoms with Crippen LogP contribution in [0.1, 0.15) is 46.5 Å².